The molecule has 51 heavy (non-hydrogen) atoms. The largest absolute Gasteiger partial charge is 0.490 e. The van der Waals surface area contributed by atoms with E-state index in [-0.39, 0.29) is 31.7 Å². The van der Waals surface area contributed by atoms with Gasteiger partial charge in [0, 0.05) is 58.4 Å². The Hall–Kier alpha value is -4.78. The van der Waals surface area contributed by atoms with Gasteiger partial charge in [0.15, 0.2) is 0 Å². The minimum Gasteiger partial charge on any atom is -0.490 e. The third-order valence-corrected chi connectivity index (χ3v) is 10.5. The summed E-state index contributed by atoms with van der Waals surface area (Å²) in [6, 6.07) is 16.5. The Morgan fingerprint density at radius 3 is 2.67 bits per heavy atom. The van der Waals surface area contributed by atoms with Crippen molar-refractivity contribution in [3.05, 3.63) is 104 Å². The summed E-state index contributed by atoms with van der Waals surface area (Å²) in [5.41, 5.74) is 25.1. The minimum atomic E-state index is -1.06. The summed E-state index contributed by atoms with van der Waals surface area (Å²) in [5, 5.41) is 22.1. The number of esters is 1. The fraction of sp³-hybridized carbons (Fsp3) is 0.353. The first-order valence-electron chi connectivity index (χ1n) is 16.1. The van der Waals surface area contributed by atoms with E-state index >= 15 is 0 Å². The molecular weight excluding hydrogens is 712 g/mol. The zero-order valence-electron chi connectivity index (χ0n) is 27.5. The highest BCUT2D eigenvalue weighted by atomic mass is 35.5. The second-order valence-electron chi connectivity index (χ2n) is 11.5. The van der Waals surface area contributed by atoms with Crippen LogP contribution >= 0.6 is 35.1 Å². The van der Waals surface area contributed by atoms with Gasteiger partial charge in [-0.25, -0.2) is 4.99 Å². The highest BCUT2D eigenvalue weighted by Gasteiger charge is 2.33. The van der Waals surface area contributed by atoms with E-state index in [2.05, 4.69) is 37.0 Å². The number of aliphatic imine (C=N–C) groups is 1. The summed E-state index contributed by atoms with van der Waals surface area (Å²) in [6.07, 6.45) is 3.65. The maximum absolute atomic E-state index is 12.0. The van der Waals surface area contributed by atoms with Crippen molar-refractivity contribution in [1.29, 1.82) is 5.26 Å². The quantitative estimate of drug-likeness (QED) is 0.0689. The molecule has 0 bridgehead atoms. The zero-order chi connectivity index (χ0) is 36.2. The van der Waals surface area contributed by atoms with Crippen LogP contribution in [0, 0.1) is 11.3 Å². The molecule has 266 valence electrons. The molecule has 3 atom stereocenters. The monoisotopic (exact) mass is 748 g/mol. The molecule has 2 aromatic carbocycles. The number of likely N-dealkylation sites (tertiary alicyclic amines) is 1. The summed E-state index contributed by atoms with van der Waals surface area (Å²) in [4.78, 5) is 33.7. The van der Waals surface area contributed by atoms with Gasteiger partial charge in [0.25, 0.3) is 0 Å². The lowest BCUT2D eigenvalue weighted by Crippen LogP contribution is -2.44. The third kappa shape index (κ3) is 9.93. The van der Waals surface area contributed by atoms with Crippen LogP contribution in [0.2, 0.25) is 5.02 Å². The highest BCUT2D eigenvalue weighted by molar-refractivity contribution is 8.03. The third-order valence-electron chi connectivity index (χ3n) is 8.03. The molecule has 3 aliphatic rings. The molecule has 17 heteroatoms. The summed E-state index contributed by atoms with van der Waals surface area (Å²) in [6.45, 7) is 1.14. The van der Waals surface area contributed by atoms with Gasteiger partial charge in [-0.3, -0.25) is 9.59 Å². The van der Waals surface area contributed by atoms with Crippen LogP contribution in [0.25, 0.3) is 16.0 Å². The maximum atomic E-state index is 12.0. The number of hydrogen-bond donors (Lipinski definition) is 4. The molecule has 0 spiro atoms. The number of nitrogens with zero attached hydrogens (tertiary/aromatic N) is 6. The number of amides is 1. The van der Waals surface area contributed by atoms with Crippen molar-refractivity contribution in [3.63, 3.8) is 0 Å². The number of benzene rings is 2. The van der Waals surface area contributed by atoms with Gasteiger partial charge in [0.05, 0.1) is 17.7 Å². The Balaban J connectivity index is 1.22. The predicted octanol–water partition coefficient (Wildman–Crippen LogP) is 4.58. The molecule has 6 N–H and O–H groups in total. The standard InChI is InChI=1S/C34H37ClN10O4S2/c35-23-7-3-22(4-8-23)33-42-24(19-50-33)20-51-34-27(16-37)30(26(15-36)31(43-34)45-11-1-2-12-45)21-5-9-25(10-6-21)48-13-14-49-29(46)18-40-32(47)28(38)17-41-44-39/h3-10,15,19,28,33-34,42H,1-2,11-14,17-18,20,36,38H2,(H,40,47)/t28-,33?,34?/m0/s1. The zero-order valence-corrected chi connectivity index (χ0v) is 29.9. The lowest BCUT2D eigenvalue weighted by atomic mass is 9.90. The topological polar surface area (TPSA) is 217 Å². The van der Waals surface area contributed by atoms with Crippen molar-refractivity contribution in [3.8, 4) is 11.8 Å². The van der Waals surface area contributed by atoms with Crippen LogP contribution in [0.5, 0.6) is 5.75 Å². The van der Waals surface area contributed by atoms with E-state index in [0.717, 1.165) is 54.2 Å². The van der Waals surface area contributed by atoms with E-state index in [1.165, 1.54) is 6.20 Å². The Kier molecular flexibility index (Phi) is 13.6. The lowest BCUT2D eigenvalue weighted by Gasteiger charge is -2.31. The molecule has 2 unspecified atom stereocenters. The molecule has 3 heterocycles. The SMILES string of the molecule is N#CC1=C(c2ccc(OCCOC(=O)CNC(=O)[C@@H](N)CN=[N+]=[N-])cc2)C(=CN)C(N2CCCC2)=NC1SCC1=CSC(c2ccc(Cl)cc2)N1. The van der Waals surface area contributed by atoms with E-state index in [4.69, 9.17) is 43.1 Å². The molecule has 0 radical (unpaired) electrons. The van der Waals surface area contributed by atoms with Crippen LogP contribution in [-0.4, -0.2) is 79.2 Å². The van der Waals surface area contributed by atoms with Crippen molar-refractivity contribution >= 4 is 58.4 Å². The normalized spacial score (nSPS) is 19.7. The molecule has 1 fully saturated rings. The van der Waals surface area contributed by atoms with Crippen LogP contribution in [0.3, 0.4) is 0 Å². The van der Waals surface area contributed by atoms with Crippen molar-refractivity contribution in [1.82, 2.24) is 15.5 Å². The Labute approximate surface area is 308 Å². The molecule has 14 nitrogen and oxygen atoms in total. The number of carbonyl (C=O) groups excluding carboxylic acids is 2. The molecular formula is C34H37ClN10O4S2. The Bertz CT molecular complexity index is 1800. The van der Waals surface area contributed by atoms with Gasteiger partial charge < -0.3 is 36.5 Å². The van der Waals surface area contributed by atoms with Crippen LogP contribution in [0.15, 0.2) is 87.1 Å². The molecule has 5 rings (SSSR count). The van der Waals surface area contributed by atoms with Crippen molar-refractivity contribution in [2.45, 2.75) is 29.6 Å². The van der Waals surface area contributed by atoms with E-state index in [1.54, 1.807) is 35.7 Å². The van der Waals surface area contributed by atoms with Gasteiger partial charge in [0.1, 0.15) is 42.1 Å². The number of dihydropyridines is 1. The van der Waals surface area contributed by atoms with Crippen molar-refractivity contribution < 1.29 is 19.1 Å². The van der Waals surface area contributed by atoms with Crippen molar-refractivity contribution in [2.24, 2.45) is 21.6 Å². The van der Waals surface area contributed by atoms with Gasteiger partial charge in [-0.1, -0.05) is 41.0 Å². The molecule has 3 aliphatic heterocycles. The van der Waals surface area contributed by atoms with Crippen LogP contribution in [0.4, 0.5) is 0 Å². The number of rotatable bonds is 14. The predicted molar refractivity (Wildman–Crippen MR) is 200 cm³/mol. The number of nitrogens with two attached hydrogens (primary N) is 2. The number of nitrogens with one attached hydrogen (secondary N) is 2. The summed E-state index contributed by atoms with van der Waals surface area (Å²) in [5.74, 6) is 0.653. The van der Waals surface area contributed by atoms with Gasteiger partial charge in [-0.05, 0) is 59.2 Å². The number of amidine groups is 1. The second kappa shape index (κ2) is 18.5. The Morgan fingerprint density at radius 1 is 1.24 bits per heavy atom. The lowest BCUT2D eigenvalue weighted by molar-refractivity contribution is -0.144. The number of ether oxygens (including phenoxy) is 2. The first-order valence-corrected chi connectivity index (χ1v) is 18.5. The number of halogens is 1. The molecule has 2 aromatic rings. The smallest absolute Gasteiger partial charge is 0.325 e. The fourth-order valence-electron chi connectivity index (χ4n) is 5.52. The second-order valence-corrected chi connectivity index (χ2v) is 14.0. The number of nitriles is 1. The summed E-state index contributed by atoms with van der Waals surface area (Å²) >= 11 is 9.36. The first-order chi connectivity index (χ1) is 24.8. The molecule has 1 amide bonds. The van der Waals surface area contributed by atoms with E-state index < -0.39 is 23.3 Å². The summed E-state index contributed by atoms with van der Waals surface area (Å²) in [7, 11) is 0. The fourth-order valence-corrected chi connectivity index (χ4v) is 7.75. The minimum absolute atomic E-state index is 0.0518. The molecule has 0 aliphatic carbocycles. The molecule has 0 aromatic heterocycles. The molecule has 1 saturated heterocycles. The van der Waals surface area contributed by atoms with E-state index in [1.807, 2.05) is 36.4 Å². The Morgan fingerprint density at radius 2 is 1.98 bits per heavy atom. The first kappa shape index (κ1) is 37.5. The van der Waals surface area contributed by atoms with Gasteiger partial charge >= 0.3 is 5.97 Å². The maximum Gasteiger partial charge on any atom is 0.325 e. The number of carbonyl (C=O) groups is 2. The van der Waals surface area contributed by atoms with Gasteiger partial charge in [-0.2, -0.15) is 5.26 Å². The van der Waals surface area contributed by atoms with Crippen LogP contribution in [-0.2, 0) is 14.3 Å². The average Bonchev–Trinajstić information content (AvgIpc) is 3.87. The number of azide groups is 1. The average molecular weight is 749 g/mol. The van der Waals surface area contributed by atoms with Gasteiger partial charge in [-0.15, -0.1) is 23.5 Å². The van der Waals surface area contributed by atoms with E-state index in [0.29, 0.717) is 27.7 Å². The van der Waals surface area contributed by atoms with Crippen LogP contribution < -0.4 is 26.8 Å². The number of hydrogen-bond acceptors (Lipinski definition) is 13. The highest BCUT2D eigenvalue weighted by Crippen LogP contribution is 2.41. The van der Waals surface area contributed by atoms with Gasteiger partial charge in [0.2, 0.25) is 5.91 Å². The van der Waals surface area contributed by atoms with Crippen molar-refractivity contribution in [2.75, 3.05) is 45.1 Å². The number of thioether (sulfide) groups is 2. The van der Waals surface area contributed by atoms with E-state index in [9.17, 15) is 14.9 Å². The van der Waals surface area contributed by atoms with Crippen LogP contribution in [0.1, 0.15) is 29.3 Å². The summed E-state index contributed by atoms with van der Waals surface area (Å²) < 4.78 is 10.9. The molecule has 0 saturated carbocycles.